The van der Waals surface area contributed by atoms with E-state index < -0.39 is 5.97 Å². The molecule has 2 heterocycles. The number of amides is 1. The van der Waals surface area contributed by atoms with E-state index in [2.05, 4.69) is 4.98 Å². The largest absolute Gasteiger partial charge is 0.478 e. The lowest BCUT2D eigenvalue weighted by atomic mass is 10.2. The van der Waals surface area contributed by atoms with Gasteiger partial charge in [-0.2, -0.15) is 0 Å². The van der Waals surface area contributed by atoms with E-state index in [0.717, 1.165) is 5.01 Å². The van der Waals surface area contributed by atoms with Crippen molar-refractivity contribution in [2.24, 2.45) is 0 Å². The maximum atomic E-state index is 12.5. The molecule has 2 aromatic heterocycles. The topological polar surface area (TPSA) is 92.9 Å². The fourth-order valence-corrected chi connectivity index (χ4v) is 3.18. The normalized spacial score (nSPS) is 10.8. The minimum absolute atomic E-state index is 0.109. The summed E-state index contributed by atoms with van der Waals surface area (Å²) < 4.78 is 10.4. The number of rotatable bonds is 6. The Morgan fingerprint density at radius 3 is 2.70 bits per heavy atom. The number of aromatic carboxylic acids is 1. The van der Waals surface area contributed by atoms with Gasteiger partial charge in [0.05, 0.1) is 18.8 Å². The first kappa shape index (κ1) is 17.2. The smallest absolute Gasteiger partial charge is 0.339 e. The van der Waals surface area contributed by atoms with Crippen molar-refractivity contribution in [1.29, 1.82) is 0 Å². The van der Waals surface area contributed by atoms with Crippen molar-refractivity contribution in [3.63, 3.8) is 0 Å². The van der Waals surface area contributed by atoms with Crippen LogP contribution in [0.3, 0.4) is 0 Å². The number of carbonyl (C=O) groups excluding carboxylic acids is 1. The van der Waals surface area contributed by atoms with Crippen molar-refractivity contribution >= 4 is 23.2 Å². The van der Waals surface area contributed by atoms with Gasteiger partial charge in [-0.25, -0.2) is 9.78 Å². The quantitative estimate of drug-likeness (QED) is 0.870. The molecule has 1 amide bonds. The molecule has 0 radical (unpaired) electrons. The standard InChI is InChI=1S/C15H18N2O5S/c1-8-13(23-12(16-8)7-21-4)14(18)17(3)6-10-5-11(15(19)20)9(2)22-10/h5H,6-7H2,1-4H3,(H,19,20). The van der Waals surface area contributed by atoms with Crippen LogP contribution < -0.4 is 0 Å². The molecule has 0 aliphatic heterocycles. The predicted molar refractivity (Wildman–Crippen MR) is 83.8 cm³/mol. The van der Waals surface area contributed by atoms with Crippen molar-refractivity contribution in [2.45, 2.75) is 27.0 Å². The fourth-order valence-electron chi connectivity index (χ4n) is 2.15. The van der Waals surface area contributed by atoms with E-state index in [4.69, 9.17) is 14.3 Å². The molecule has 0 aliphatic rings. The molecule has 0 unspecified atom stereocenters. The molecule has 0 aromatic carbocycles. The Balaban J connectivity index is 2.14. The lowest BCUT2D eigenvalue weighted by molar-refractivity contribution is 0.0694. The van der Waals surface area contributed by atoms with Crippen LogP contribution in [0.2, 0.25) is 0 Å². The zero-order chi connectivity index (χ0) is 17.1. The van der Waals surface area contributed by atoms with Crippen molar-refractivity contribution in [1.82, 2.24) is 9.88 Å². The number of thiazole rings is 1. The molecule has 1 N–H and O–H groups in total. The second-order valence-electron chi connectivity index (χ2n) is 5.10. The molecule has 2 rings (SSSR count). The highest BCUT2D eigenvalue weighted by Gasteiger charge is 2.21. The molecule has 2 aromatic rings. The molecule has 0 atom stereocenters. The molecule has 124 valence electrons. The van der Waals surface area contributed by atoms with Crippen molar-refractivity contribution < 1.29 is 23.8 Å². The molecule has 0 aliphatic carbocycles. The van der Waals surface area contributed by atoms with Gasteiger partial charge >= 0.3 is 5.97 Å². The van der Waals surface area contributed by atoms with E-state index in [-0.39, 0.29) is 18.0 Å². The maximum Gasteiger partial charge on any atom is 0.339 e. The summed E-state index contributed by atoms with van der Waals surface area (Å²) in [7, 11) is 3.21. The van der Waals surface area contributed by atoms with E-state index in [0.29, 0.717) is 28.7 Å². The molecule has 23 heavy (non-hydrogen) atoms. The van der Waals surface area contributed by atoms with Crippen LogP contribution in [0.15, 0.2) is 10.5 Å². The van der Waals surface area contributed by atoms with E-state index in [1.807, 2.05) is 0 Å². The Morgan fingerprint density at radius 2 is 2.13 bits per heavy atom. The van der Waals surface area contributed by atoms with Gasteiger partial charge in [0.1, 0.15) is 27.0 Å². The van der Waals surface area contributed by atoms with Crippen LogP contribution in [0, 0.1) is 13.8 Å². The molecular weight excluding hydrogens is 320 g/mol. The molecular formula is C15H18N2O5S. The summed E-state index contributed by atoms with van der Waals surface area (Å²) in [5.41, 5.74) is 0.762. The van der Waals surface area contributed by atoms with Crippen LogP contribution in [0.4, 0.5) is 0 Å². The molecule has 0 fully saturated rings. The average Bonchev–Trinajstić information content (AvgIpc) is 3.01. The minimum atomic E-state index is -1.05. The average molecular weight is 338 g/mol. The summed E-state index contributed by atoms with van der Waals surface area (Å²) in [5, 5.41) is 9.77. The van der Waals surface area contributed by atoms with Gasteiger partial charge in [0, 0.05) is 14.2 Å². The fraction of sp³-hybridized carbons (Fsp3) is 0.400. The van der Waals surface area contributed by atoms with Gasteiger partial charge in [-0.1, -0.05) is 0 Å². The second kappa shape index (κ2) is 6.93. The predicted octanol–water partition coefficient (Wildman–Crippen LogP) is 2.47. The first-order chi connectivity index (χ1) is 10.8. The number of hydrogen-bond donors (Lipinski definition) is 1. The highest BCUT2D eigenvalue weighted by Crippen LogP contribution is 2.22. The molecule has 0 saturated carbocycles. The minimum Gasteiger partial charge on any atom is -0.478 e. The summed E-state index contributed by atoms with van der Waals surface area (Å²) in [6.45, 7) is 3.90. The van der Waals surface area contributed by atoms with Gasteiger partial charge in [0.25, 0.3) is 5.91 Å². The molecule has 0 spiro atoms. The number of carboxylic acid groups (broad SMARTS) is 1. The number of methoxy groups -OCH3 is 1. The molecule has 8 heteroatoms. The number of carbonyl (C=O) groups is 2. The Hall–Kier alpha value is -2.19. The Labute approximate surface area is 137 Å². The van der Waals surface area contributed by atoms with Crippen LogP contribution >= 0.6 is 11.3 Å². The first-order valence-electron chi connectivity index (χ1n) is 6.86. The first-order valence-corrected chi connectivity index (χ1v) is 7.68. The van der Waals surface area contributed by atoms with Crippen LogP contribution in [0.1, 0.15) is 42.3 Å². The highest BCUT2D eigenvalue weighted by molar-refractivity contribution is 7.13. The summed E-state index contributed by atoms with van der Waals surface area (Å²) in [4.78, 5) is 29.9. The number of ether oxygens (including phenoxy) is 1. The Kier molecular flexibility index (Phi) is 5.17. The summed E-state index contributed by atoms with van der Waals surface area (Å²) in [5.74, 6) is -0.484. The lowest BCUT2D eigenvalue weighted by Crippen LogP contribution is -2.25. The third kappa shape index (κ3) is 3.77. The zero-order valence-corrected chi connectivity index (χ0v) is 14.2. The Morgan fingerprint density at radius 1 is 1.43 bits per heavy atom. The van der Waals surface area contributed by atoms with Crippen molar-refractivity contribution in [2.75, 3.05) is 14.2 Å². The van der Waals surface area contributed by atoms with Crippen LogP contribution in [-0.2, 0) is 17.9 Å². The summed E-state index contributed by atoms with van der Waals surface area (Å²) in [6, 6.07) is 1.44. The number of furan rings is 1. The second-order valence-corrected chi connectivity index (χ2v) is 6.19. The van der Waals surface area contributed by atoms with E-state index in [9.17, 15) is 9.59 Å². The van der Waals surface area contributed by atoms with E-state index >= 15 is 0 Å². The number of hydrogen-bond acceptors (Lipinski definition) is 6. The zero-order valence-electron chi connectivity index (χ0n) is 13.4. The maximum absolute atomic E-state index is 12.5. The Bertz CT molecular complexity index is 734. The molecule has 7 nitrogen and oxygen atoms in total. The third-order valence-corrected chi connectivity index (χ3v) is 4.36. The summed E-state index contributed by atoms with van der Waals surface area (Å²) in [6.07, 6.45) is 0. The van der Waals surface area contributed by atoms with Gasteiger partial charge in [-0.05, 0) is 19.9 Å². The lowest BCUT2D eigenvalue weighted by Gasteiger charge is -2.14. The van der Waals surface area contributed by atoms with Gasteiger partial charge in [-0.3, -0.25) is 4.79 Å². The van der Waals surface area contributed by atoms with Gasteiger partial charge in [0.15, 0.2) is 0 Å². The van der Waals surface area contributed by atoms with Gasteiger partial charge in [-0.15, -0.1) is 11.3 Å². The van der Waals surface area contributed by atoms with Crippen molar-refractivity contribution in [3.8, 4) is 0 Å². The van der Waals surface area contributed by atoms with Crippen LogP contribution in [0.5, 0.6) is 0 Å². The van der Waals surface area contributed by atoms with Gasteiger partial charge in [0.2, 0.25) is 0 Å². The van der Waals surface area contributed by atoms with E-state index in [1.165, 1.54) is 22.3 Å². The number of aryl methyl sites for hydroxylation is 2. The number of nitrogens with zero attached hydrogens (tertiary/aromatic N) is 2. The monoisotopic (exact) mass is 338 g/mol. The summed E-state index contributed by atoms with van der Waals surface area (Å²) >= 11 is 1.29. The van der Waals surface area contributed by atoms with Gasteiger partial charge < -0.3 is 19.2 Å². The third-order valence-electron chi connectivity index (χ3n) is 3.24. The number of carboxylic acids is 1. The highest BCUT2D eigenvalue weighted by atomic mass is 32.1. The van der Waals surface area contributed by atoms with E-state index in [1.54, 1.807) is 28.0 Å². The molecule has 0 saturated heterocycles. The SMILES string of the molecule is COCc1nc(C)c(C(=O)N(C)Cc2cc(C(=O)O)c(C)o2)s1. The van der Waals surface area contributed by atoms with Crippen LogP contribution in [0.25, 0.3) is 0 Å². The number of aromatic nitrogens is 1. The molecule has 0 bridgehead atoms. The van der Waals surface area contributed by atoms with Crippen LogP contribution in [-0.4, -0.2) is 41.0 Å². The van der Waals surface area contributed by atoms with Crippen molar-refractivity contribution in [3.05, 3.63) is 38.7 Å².